The van der Waals surface area contributed by atoms with Gasteiger partial charge in [0, 0.05) is 5.56 Å². The Morgan fingerprint density at radius 2 is 1.65 bits per heavy atom. The van der Waals surface area contributed by atoms with Gasteiger partial charge in [-0.25, -0.2) is 0 Å². The van der Waals surface area contributed by atoms with Gasteiger partial charge in [0.2, 0.25) is 0 Å². The van der Waals surface area contributed by atoms with Crippen LogP contribution in [-0.2, 0) is 0 Å². The lowest BCUT2D eigenvalue weighted by atomic mass is 9.98. The molecule has 0 heterocycles. The molecule has 0 saturated carbocycles. The third-order valence-electron chi connectivity index (χ3n) is 3.41. The minimum Gasteiger partial charge on any atom is -0.497 e. The Balaban J connectivity index is 2.45. The van der Waals surface area contributed by atoms with Crippen LogP contribution in [0.5, 0.6) is 11.5 Å². The molecule has 0 bridgehead atoms. The lowest BCUT2D eigenvalue weighted by Crippen LogP contribution is -2.00. The average Bonchev–Trinajstić information content (AvgIpc) is 2.46. The van der Waals surface area contributed by atoms with Crippen LogP contribution in [0.25, 0.3) is 0 Å². The molecule has 1 unspecified atom stereocenters. The molecule has 1 atom stereocenters. The van der Waals surface area contributed by atoms with E-state index in [9.17, 15) is 0 Å². The van der Waals surface area contributed by atoms with E-state index in [1.54, 1.807) is 14.2 Å². The molecule has 2 aromatic carbocycles. The molecule has 0 aliphatic rings. The van der Waals surface area contributed by atoms with Crippen molar-refractivity contribution in [1.29, 1.82) is 0 Å². The molecule has 0 N–H and O–H groups in total. The third-order valence-corrected chi connectivity index (χ3v) is 4.39. The van der Waals surface area contributed by atoms with Gasteiger partial charge in [-0.15, -0.1) is 0 Å². The van der Waals surface area contributed by atoms with Crippen LogP contribution in [0, 0.1) is 13.8 Å². The van der Waals surface area contributed by atoms with Gasteiger partial charge in [-0.05, 0) is 43.2 Å². The molecule has 3 heteroatoms. The molecule has 0 fully saturated rings. The summed E-state index contributed by atoms with van der Waals surface area (Å²) in [6, 6.07) is 12.3. The maximum Gasteiger partial charge on any atom is 0.123 e. The molecule has 2 rings (SSSR count). The molecule has 20 heavy (non-hydrogen) atoms. The van der Waals surface area contributed by atoms with Gasteiger partial charge in [0.25, 0.3) is 0 Å². The van der Waals surface area contributed by atoms with E-state index in [0.717, 1.165) is 17.1 Å². The van der Waals surface area contributed by atoms with Crippen LogP contribution >= 0.6 is 15.9 Å². The number of benzene rings is 2. The van der Waals surface area contributed by atoms with Crippen LogP contribution in [0.1, 0.15) is 27.1 Å². The second kappa shape index (κ2) is 6.31. The number of methoxy groups -OCH3 is 2. The lowest BCUT2D eigenvalue weighted by molar-refractivity contribution is 0.410. The monoisotopic (exact) mass is 334 g/mol. The van der Waals surface area contributed by atoms with Crippen LogP contribution in [0.15, 0.2) is 36.4 Å². The van der Waals surface area contributed by atoms with Crippen LogP contribution in [0.3, 0.4) is 0 Å². The van der Waals surface area contributed by atoms with Crippen LogP contribution < -0.4 is 9.47 Å². The first-order chi connectivity index (χ1) is 9.56. The number of hydrogen-bond acceptors (Lipinski definition) is 2. The van der Waals surface area contributed by atoms with Crippen molar-refractivity contribution >= 4 is 15.9 Å². The van der Waals surface area contributed by atoms with E-state index in [0.29, 0.717) is 0 Å². The van der Waals surface area contributed by atoms with E-state index in [1.165, 1.54) is 16.7 Å². The van der Waals surface area contributed by atoms with E-state index in [4.69, 9.17) is 9.47 Å². The quantitative estimate of drug-likeness (QED) is 0.747. The van der Waals surface area contributed by atoms with Gasteiger partial charge in [0.15, 0.2) is 0 Å². The van der Waals surface area contributed by atoms with Gasteiger partial charge in [-0.3, -0.25) is 0 Å². The lowest BCUT2D eigenvalue weighted by Gasteiger charge is -2.18. The van der Waals surface area contributed by atoms with Crippen LogP contribution in [0.2, 0.25) is 0 Å². The summed E-state index contributed by atoms with van der Waals surface area (Å²) in [7, 11) is 3.39. The number of halogens is 1. The minimum absolute atomic E-state index is 0.100. The van der Waals surface area contributed by atoms with Crippen molar-refractivity contribution in [1.82, 2.24) is 0 Å². The maximum atomic E-state index is 5.47. The van der Waals surface area contributed by atoms with Crippen molar-refractivity contribution < 1.29 is 9.47 Å². The fourth-order valence-corrected chi connectivity index (χ4v) is 3.15. The molecular formula is C17H19BrO2. The summed E-state index contributed by atoms with van der Waals surface area (Å²) >= 11 is 3.80. The molecule has 0 aromatic heterocycles. The number of alkyl halides is 1. The van der Waals surface area contributed by atoms with Gasteiger partial charge in [0.1, 0.15) is 11.5 Å². The fourth-order valence-electron chi connectivity index (χ4n) is 2.28. The topological polar surface area (TPSA) is 18.5 Å². The van der Waals surface area contributed by atoms with Crippen molar-refractivity contribution in [3.05, 3.63) is 58.7 Å². The number of aryl methyl sites for hydroxylation is 2. The summed E-state index contributed by atoms with van der Waals surface area (Å²) in [5, 5.41) is 0. The predicted molar refractivity (Wildman–Crippen MR) is 86.2 cm³/mol. The molecule has 2 nitrogen and oxygen atoms in total. The number of hydrogen-bond donors (Lipinski definition) is 0. The molecule has 2 aromatic rings. The predicted octanol–water partition coefficient (Wildman–Crippen LogP) is 4.80. The van der Waals surface area contributed by atoms with E-state index >= 15 is 0 Å². The Morgan fingerprint density at radius 1 is 0.900 bits per heavy atom. The second-order valence-corrected chi connectivity index (χ2v) is 5.75. The largest absolute Gasteiger partial charge is 0.497 e. The fraction of sp³-hybridized carbons (Fsp3) is 0.294. The summed E-state index contributed by atoms with van der Waals surface area (Å²) < 4.78 is 10.7. The molecule has 0 aliphatic carbocycles. The SMILES string of the molecule is COc1ccc(C(Br)c2cc(C)ccc2OC)c(C)c1. The summed E-state index contributed by atoms with van der Waals surface area (Å²) in [5.41, 5.74) is 4.77. The van der Waals surface area contributed by atoms with Gasteiger partial charge in [0.05, 0.1) is 19.0 Å². The zero-order chi connectivity index (χ0) is 14.7. The van der Waals surface area contributed by atoms with E-state index in [-0.39, 0.29) is 4.83 Å². The Hall–Kier alpha value is -1.48. The van der Waals surface area contributed by atoms with Gasteiger partial charge in [-0.1, -0.05) is 39.7 Å². The van der Waals surface area contributed by atoms with Crippen molar-refractivity contribution in [2.24, 2.45) is 0 Å². The molecule has 0 saturated heterocycles. The molecule has 0 amide bonds. The minimum atomic E-state index is 0.100. The van der Waals surface area contributed by atoms with Gasteiger partial charge >= 0.3 is 0 Å². The summed E-state index contributed by atoms with van der Waals surface area (Å²) in [6.07, 6.45) is 0. The molecular weight excluding hydrogens is 316 g/mol. The van der Waals surface area contributed by atoms with Gasteiger partial charge < -0.3 is 9.47 Å². The summed E-state index contributed by atoms with van der Waals surface area (Å²) in [6.45, 7) is 4.18. The average molecular weight is 335 g/mol. The highest BCUT2D eigenvalue weighted by molar-refractivity contribution is 9.09. The van der Waals surface area contributed by atoms with Crippen LogP contribution in [-0.4, -0.2) is 14.2 Å². The number of ether oxygens (including phenoxy) is 2. The summed E-state index contributed by atoms with van der Waals surface area (Å²) in [5.74, 6) is 1.77. The highest BCUT2D eigenvalue weighted by atomic mass is 79.9. The Morgan fingerprint density at radius 3 is 2.25 bits per heavy atom. The second-order valence-electron chi connectivity index (χ2n) is 4.83. The zero-order valence-corrected chi connectivity index (χ0v) is 13.8. The summed E-state index contributed by atoms with van der Waals surface area (Å²) in [4.78, 5) is 0.100. The number of rotatable bonds is 4. The van der Waals surface area contributed by atoms with Gasteiger partial charge in [-0.2, -0.15) is 0 Å². The van der Waals surface area contributed by atoms with E-state index in [2.05, 4.69) is 48.0 Å². The smallest absolute Gasteiger partial charge is 0.123 e. The first kappa shape index (κ1) is 14.9. The first-order valence-electron chi connectivity index (χ1n) is 6.50. The molecule has 0 spiro atoms. The Labute approximate surface area is 128 Å². The molecule has 0 radical (unpaired) electrons. The van der Waals surface area contributed by atoms with Crippen molar-refractivity contribution in [2.45, 2.75) is 18.7 Å². The molecule has 0 aliphatic heterocycles. The van der Waals surface area contributed by atoms with Crippen molar-refractivity contribution in [3.63, 3.8) is 0 Å². The third kappa shape index (κ3) is 2.98. The Bertz CT molecular complexity index is 608. The highest BCUT2D eigenvalue weighted by Gasteiger charge is 2.17. The van der Waals surface area contributed by atoms with E-state index in [1.807, 2.05) is 18.2 Å². The van der Waals surface area contributed by atoms with Crippen LogP contribution in [0.4, 0.5) is 0 Å². The standard InChI is InChI=1S/C17H19BrO2/c1-11-5-8-16(20-4)15(9-11)17(18)14-7-6-13(19-3)10-12(14)2/h5-10,17H,1-4H3. The van der Waals surface area contributed by atoms with E-state index < -0.39 is 0 Å². The maximum absolute atomic E-state index is 5.47. The zero-order valence-electron chi connectivity index (χ0n) is 12.2. The van der Waals surface area contributed by atoms with Crippen molar-refractivity contribution in [3.8, 4) is 11.5 Å². The normalized spacial score (nSPS) is 12.1. The van der Waals surface area contributed by atoms with Crippen molar-refractivity contribution in [2.75, 3.05) is 14.2 Å². The Kier molecular flexibility index (Phi) is 4.71. The highest BCUT2D eigenvalue weighted by Crippen LogP contribution is 2.39. The molecule has 106 valence electrons. The first-order valence-corrected chi connectivity index (χ1v) is 7.41.